The molecule has 10 heteroatoms. The number of ether oxygens (including phenoxy) is 4. The van der Waals surface area contributed by atoms with E-state index in [-0.39, 0.29) is 5.57 Å². The van der Waals surface area contributed by atoms with E-state index in [0.717, 1.165) is 0 Å². The predicted octanol–water partition coefficient (Wildman–Crippen LogP) is 2.78. The minimum atomic E-state index is -2.11. The van der Waals surface area contributed by atoms with E-state index >= 15 is 0 Å². The first-order valence-electron chi connectivity index (χ1n) is 11.8. The first-order valence-corrected chi connectivity index (χ1v) is 12.2. The van der Waals surface area contributed by atoms with Crippen molar-refractivity contribution in [1.82, 2.24) is 0 Å². The highest BCUT2D eigenvalue weighted by atomic mass is 35.5. The maximum Gasteiger partial charge on any atom is 0.312 e. The summed E-state index contributed by atoms with van der Waals surface area (Å²) in [6.07, 6.45) is -0.810. The van der Waals surface area contributed by atoms with Gasteiger partial charge in [0, 0.05) is 26.7 Å². The van der Waals surface area contributed by atoms with Gasteiger partial charge in [0.25, 0.3) is 0 Å². The lowest BCUT2D eigenvalue weighted by Crippen LogP contribution is -2.66. The number of carbonyl (C=O) groups excluding carboxylic acids is 4. The van der Waals surface area contributed by atoms with Gasteiger partial charge in [-0.2, -0.15) is 0 Å². The van der Waals surface area contributed by atoms with Crippen LogP contribution in [0.4, 0.5) is 0 Å². The Morgan fingerprint density at radius 2 is 1.69 bits per heavy atom. The quantitative estimate of drug-likeness (QED) is 0.256. The number of alkyl halides is 1. The van der Waals surface area contributed by atoms with Crippen molar-refractivity contribution in [2.75, 3.05) is 0 Å². The fourth-order valence-corrected chi connectivity index (χ4v) is 6.15. The van der Waals surface area contributed by atoms with Crippen LogP contribution >= 0.6 is 11.6 Å². The summed E-state index contributed by atoms with van der Waals surface area (Å²) in [5.74, 6) is -4.71. The second-order valence-corrected chi connectivity index (χ2v) is 10.5. The molecule has 0 radical (unpaired) electrons. The highest BCUT2D eigenvalue weighted by Crippen LogP contribution is 2.56. The van der Waals surface area contributed by atoms with E-state index in [1.54, 1.807) is 13.0 Å². The summed E-state index contributed by atoms with van der Waals surface area (Å²) in [6, 6.07) is 0. The maximum atomic E-state index is 12.8. The van der Waals surface area contributed by atoms with Gasteiger partial charge < -0.3 is 24.1 Å². The third-order valence-electron chi connectivity index (χ3n) is 7.65. The van der Waals surface area contributed by atoms with Gasteiger partial charge in [-0.15, -0.1) is 11.6 Å². The van der Waals surface area contributed by atoms with Gasteiger partial charge in [-0.3, -0.25) is 19.2 Å². The fraction of sp³-hybridized carbons (Fsp3) is 0.615. The number of allylic oxidation sites excluding steroid dienone is 1. The topological polar surface area (TPSA) is 125 Å². The zero-order valence-corrected chi connectivity index (χ0v) is 21.9. The van der Waals surface area contributed by atoms with E-state index < -0.39 is 76.5 Å². The summed E-state index contributed by atoms with van der Waals surface area (Å²) in [6.45, 7) is 15.0. The normalized spacial score (nSPS) is 40.4. The van der Waals surface area contributed by atoms with Gasteiger partial charge in [0.05, 0.1) is 16.7 Å². The van der Waals surface area contributed by atoms with Gasteiger partial charge >= 0.3 is 23.9 Å². The number of esters is 4. The highest BCUT2D eigenvalue weighted by molar-refractivity contribution is 6.23. The molecule has 9 atom stereocenters. The molecule has 1 aliphatic heterocycles. The molecule has 0 spiro atoms. The monoisotopic (exact) mass is 524 g/mol. The van der Waals surface area contributed by atoms with Gasteiger partial charge in [-0.1, -0.05) is 31.7 Å². The third kappa shape index (κ3) is 4.59. The Morgan fingerprint density at radius 1 is 1.11 bits per heavy atom. The Kier molecular flexibility index (Phi) is 7.77. The number of rotatable bonds is 3. The van der Waals surface area contributed by atoms with Gasteiger partial charge in [-0.05, 0) is 31.4 Å². The number of hydrogen-bond donors (Lipinski definition) is 1. The molecule has 1 saturated carbocycles. The number of carbonyl (C=O) groups is 4. The number of hydrogen-bond acceptors (Lipinski definition) is 9. The molecule has 2 fully saturated rings. The van der Waals surface area contributed by atoms with Crippen LogP contribution in [0.5, 0.6) is 0 Å². The number of aliphatic hydroxyl groups is 1. The van der Waals surface area contributed by atoms with Crippen LogP contribution in [-0.4, -0.2) is 64.4 Å². The van der Waals surface area contributed by atoms with E-state index in [9.17, 15) is 24.3 Å². The predicted molar refractivity (Wildman–Crippen MR) is 129 cm³/mol. The van der Waals surface area contributed by atoms with Crippen LogP contribution in [0, 0.1) is 17.3 Å². The van der Waals surface area contributed by atoms with Crippen LogP contribution in [-0.2, 0) is 38.1 Å². The molecule has 3 aliphatic rings. The fourth-order valence-electron chi connectivity index (χ4n) is 5.83. The Balaban J connectivity index is 2.39. The van der Waals surface area contributed by atoms with Gasteiger partial charge in [0.15, 0.2) is 11.7 Å². The molecule has 198 valence electrons. The lowest BCUT2D eigenvalue weighted by molar-refractivity contribution is -0.217. The summed E-state index contributed by atoms with van der Waals surface area (Å²) in [5.41, 5.74) is -2.57. The lowest BCUT2D eigenvalue weighted by Gasteiger charge is -2.55. The van der Waals surface area contributed by atoms with E-state index in [2.05, 4.69) is 13.2 Å². The van der Waals surface area contributed by atoms with Crippen molar-refractivity contribution < 1.29 is 43.2 Å². The van der Waals surface area contributed by atoms with E-state index in [1.807, 2.05) is 0 Å². The van der Waals surface area contributed by atoms with Crippen molar-refractivity contribution in [3.05, 3.63) is 36.5 Å². The minimum absolute atomic E-state index is 0.265. The van der Waals surface area contributed by atoms with Crippen LogP contribution in [0.25, 0.3) is 0 Å². The first kappa shape index (κ1) is 27.9. The van der Waals surface area contributed by atoms with E-state index in [4.69, 9.17) is 30.5 Å². The largest absolute Gasteiger partial charge is 0.462 e. The maximum absolute atomic E-state index is 12.8. The second kappa shape index (κ2) is 10.0. The van der Waals surface area contributed by atoms with E-state index in [0.29, 0.717) is 18.4 Å². The van der Waals surface area contributed by atoms with Crippen molar-refractivity contribution in [3.63, 3.8) is 0 Å². The smallest absolute Gasteiger partial charge is 0.312 e. The molecule has 1 N–H and O–H groups in total. The molecule has 9 unspecified atom stereocenters. The average Bonchev–Trinajstić information content (AvgIpc) is 3.00. The molecule has 1 saturated heterocycles. The van der Waals surface area contributed by atoms with Crippen LogP contribution in [0.15, 0.2) is 36.5 Å². The van der Waals surface area contributed by atoms with Crippen molar-refractivity contribution in [1.29, 1.82) is 0 Å². The van der Waals surface area contributed by atoms with E-state index in [1.165, 1.54) is 33.8 Å². The number of halogens is 1. The molecule has 2 aliphatic carbocycles. The van der Waals surface area contributed by atoms with Crippen molar-refractivity contribution in [2.24, 2.45) is 17.3 Å². The molecule has 3 rings (SSSR count). The Labute approximate surface area is 215 Å². The van der Waals surface area contributed by atoms with Crippen LogP contribution in [0.1, 0.15) is 47.5 Å². The molecule has 0 amide bonds. The summed E-state index contributed by atoms with van der Waals surface area (Å²) in [7, 11) is 0. The summed E-state index contributed by atoms with van der Waals surface area (Å²) < 4.78 is 22.7. The van der Waals surface area contributed by atoms with Gasteiger partial charge in [-0.25, -0.2) is 0 Å². The van der Waals surface area contributed by atoms with Gasteiger partial charge in [0.2, 0.25) is 0 Å². The average molecular weight is 525 g/mol. The standard InChI is InChI=1S/C26H33ClO9/c1-12-8-10-18(33-15(4)28)25(7)19(34-16(5)29)11-9-13(2)21(27)23-26(32,14(3)24(31)36-23)22(20(12)25)35-17(6)30/h9,11,14,18-23,32H,1-2,8,10H2,3-7H3. The zero-order valence-electron chi connectivity index (χ0n) is 21.1. The summed E-state index contributed by atoms with van der Waals surface area (Å²) in [5, 5.41) is 11.2. The van der Waals surface area contributed by atoms with Crippen molar-refractivity contribution >= 4 is 35.5 Å². The summed E-state index contributed by atoms with van der Waals surface area (Å²) in [4.78, 5) is 49.5. The molecule has 1 heterocycles. The highest BCUT2D eigenvalue weighted by Gasteiger charge is 2.68. The van der Waals surface area contributed by atoms with Crippen molar-refractivity contribution in [2.45, 2.75) is 82.9 Å². The van der Waals surface area contributed by atoms with Crippen LogP contribution < -0.4 is 0 Å². The molecule has 36 heavy (non-hydrogen) atoms. The second-order valence-electron chi connectivity index (χ2n) is 10.0. The zero-order chi connectivity index (χ0) is 27.2. The lowest BCUT2D eigenvalue weighted by atomic mass is 9.55. The van der Waals surface area contributed by atoms with Crippen LogP contribution in [0.3, 0.4) is 0 Å². The Hall–Kier alpha value is -2.65. The molecular weight excluding hydrogens is 492 g/mol. The number of fused-ring (bicyclic) bond motifs is 2. The van der Waals surface area contributed by atoms with Gasteiger partial charge in [0.1, 0.15) is 18.3 Å². The minimum Gasteiger partial charge on any atom is -0.462 e. The Bertz CT molecular complexity index is 1020. The molecular formula is C26H33ClO9. The molecule has 0 aromatic heterocycles. The Morgan fingerprint density at radius 3 is 2.25 bits per heavy atom. The first-order chi connectivity index (χ1) is 16.6. The molecule has 0 aromatic carbocycles. The summed E-state index contributed by atoms with van der Waals surface area (Å²) >= 11 is 6.66. The van der Waals surface area contributed by atoms with Crippen LogP contribution in [0.2, 0.25) is 0 Å². The molecule has 9 nitrogen and oxygen atoms in total. The van der Waals surface area contributed by atoms with Crippen molar-refractivity contribution in [3.8, 4) is 0 Å². The third-order valence-corrected chi connectivity index (χ3v) is 8.16. The molecule has 0 bridgehead atoms. The SMILES string of the molecule is C=C1C=CC(OC(C)=O)C2(C)C(OC(C)=O)CCC(=C)C2C(OC(C)=O)C2(O)C(C)C(=O)OC2C1Cl. The molecule has 0 aromatic rings.